The molecule has 3 aromatic carbocycles. The van der Waals surface area contributed by atoms with Crippen molar-refractivity contribution in [2.45, 2.75) is 39.3 Å². The molecule has 3 aromatic rings. The van der Waals surface area contributed by atoms with E-state index in [0.29, 0.717) is 0 Å². The van der Waals surface area contributed by atoms with Crippen LogP contribution in [0, 0.1) is 27.7 Å². The minimum absolute atomic E-state index is 0.256. The lowest BCUT2D eigenvalue weighted by molar-refractivity contribution is 1.06. The van der Waals surface area contributed by atoms with Gasteiger partial charge in [0.1, 0.15) is 0 Å². The molecule has 0 aliphatic rings. The Bertz CT molecular complexity index is 869. The summed E-state index contributed by atoms with van der Waals surface area (Å²) in [7, 11) is -0.605. The highest BCUT2D eigenvalue weighted by molar-refractivity contribution is 6.60. The predicted molar refractivity (Wildman–Crippen MR) is 122 cm³/mol. The molecule has 0 saturated carbocycles. The van der Waals surface area contributed by atoms with Crippen molar-refractivity contribution in [2.24, 2.45) is 0 Å². The van der Waals surface area contributed by atoms with Crippen LogP contribution in [-0.2, 0) is 0 Å². The summed E-state index contributed by atoms with van der Waals surface area (Å²) in [6.45, 7) is 9.10. The fourth-order valence-corrected chi connectivity index (χ4v) is 9.10. The van der Waals surface area contributed by atoms with Crippen LogP contribution in [0.1, 0.15) is 33.4 Å². The third-order valence-electron chi connectivity index (χ3n) is 5.93. The third-order valence-corrected chi connectivity index (χ3v) is 11.6. The van der Waals surface area contributed by atoms with Gasteiger partial charge >= 0.3 is 0 Å². The highest BCUT2D eigenvalue weighted by Gasteiger charge is 2.16. The fraction of sp³-hybridized carbons (Fsp3) is 0.250. The summed E-state index contributed by atoms with van der Waals surface area (Å²) in [5, 5.41) is 3.30. The molecule has 3 rings (SSSR count). The molecule has 26 heavy (non-hydrogen) atoms. The van der Waals surface area contributed by atoms with Crippen LogP contribution in [0.25, 0.3) is 0 Å². The Balaban J connectivity index is 1.84. The molecule has 1 atom stereocenters. The highest BCUT2D eigenvalue weighted by Crippen LogP contribution is 2.20. The van der Waals surface area contributed by atoms with E-state index in [4.69, 9.17) is 0 Å². The summed E-state index contributed by atoms with van der Waals surface area (Å²) >= 11 is 0. The molecule has 134 valence electrons. The van der Waals surface area contributed by atoms with Gasteiger partial charge in [0, 0.05) is 0 Å². The Hall–Kier alpha value is -1.91. The Kier molecular flexibility index (Phi) is 6.28. The first kappa shape index (κ1) is 18.9. The summed E-state index contributed by atoms with van der Waals surface area (Å²) in [6, 6.07) is 26.4. The standard InChI is InChI=1S/C24H30Si2/c1-17-10-8-14-22(19(17)3)25-16-24(21-12-6-5-7-13-21)26-23-15-9-11-18(2)20(23)4/h5-15,24H,16,25-26H2,1-4H3. The van der Waals surface area contributed by atoms with E-state index in [1.165, 1.54) is 28.3 Å². The number of hydrogen-bond donors (Lipinski definition) is 0. The first-order valence-corrected chi connectivity index (χ1v) is 12.9. The minimum Gasteiger partial charge on any atom is -0.0638 e. The average Bonchev–Trinajstić information content (AvgIpc) is 2.66. The van der Waals surface area contributed by atoms with Crippen LogP contribution in [0.15, 0.2) is 66.7 Å². The van der Waals surface area contributed by atoms with E-state index in [1.54, 1.807) is 15.9 Å². The molecule has 0 heterocycles. The molecular weight excluding hydrogens is 344 g/mol. The maximum atomic E-state index is 2.38. The maximum Gasteiger partial charge on any atom is 0.0624 e. The van der Waals surface area contributed by atoms with Crippen molar-refractivity contribution in [1.82, 2.24) is 0 Å². The van der Waals surface area contributed by atoms with E-state index in [9.17, 15) is 0 Å². The van der Waals surface area contributed by atoms with E-state index in [0.717, 1.165) is 5.54 Å². The Morgan fingerprint density at radius 2 is 1.23 bits per heavy atom. The average molecular weight is 375 g/mol. The molecule has 0 spiro atoms. The van der Waals surface area contributed by atoms with Gasteiger partial charge in [0.05, 0.1) is 19.0 Å². The molecule has 0 aliphatic heterocycles. The molecule has 0 fully saturated rings. The summed E-state index contributed by atoms with van der Waals surface area (Å²) in [4.78, 5) is 0. The lowest BCUT2D eigenvalue weighted by Gasteiger charge is -2.20. The molecule has 0 N–H and O–H groups in total. The fourth-order valence-electron chi connectivity index (χ4n) is 3.82. The molecule has 0 saturated heterocycles. The highest BCUT2D eigenvalue weighted by atomic mass is 28.2. The van der Waals surface area contributed by atoms with E-state index in [1.807, 2.05) is 0 Å². The molecular formula is C24H30Si2. The van der Waals surface area contributed by atoms with E-state index < -0.39 is 0 Å². The van der Waals surface area contributed by atoms with Gasteiger partial charge in [-0.2, -0.15) is 0 Å². The molecule has 0 aliphatic carbocycles. The zero-order chi connectivity index (χ0) is 18.5. The Morgan fingerprint density at radius 1 is 0.654 bits per heavy atom. The van der Waals surface area contributed by atoms with Gasteiger partial charge in [-0.3, -0.25) is 0 Å². The quantitative estimate of drug-likeness (QED) is 0.580. The van der Waals surface area contributed by atoms with Crippen molar-refractivity contribution in [3.8, 4) is 0 Å². The first-order chi connectivity index (χ1) is 12.6. The van der Waals surface area contributed by atoms with Gasteiger partial charge in [0.25, 0.3) is 0 Å². The lowest BCUT2D eigenvalue weighted by Crippen LogP contribution is -2.28. The van der Waals surface area contributed by atoms with Crippen molar-refractivity contribution in [2.75, 3.05) is 0 Å². The second-order valence-corrected chi connectivity index (χ2v) is 11.6. The zero-order valence-corrected chi connectivity index (χ0v) is 19.4. The number of aryl methyl sites for hydroxylation is 2. The molecule has 0 radical (unpaired) electrons. The van der Waals surface area contributed by atoms with Gasteiger partial charge in [-0.25, -0.2) is 0 Å². The smallest absolute Gasteiger partial charge is 0.0624 e. The van der Waals surface area contributed by atoms with Gasteiger partial charge in [-0.1, -0.05) is 83.1 Å². The van der Waals surface area contributed by atoms with Crippen LogP contribution in [0.5, 0.6) is 0 Å². The summed E-state index contributed by atoms with van der Waals surface area (Å²) in [6.07, 6.45) is 0. The summed E-state index contributed by atoms with van der Waals surface area (Å²) in [5.41, 5.74) is 8.24. The van der Waals surface area contributed by atoms with Crippen LogP contribution < -0.4 is 10.4 Å². The lowest BCUT2D eigenvalue weighted by atomic mass is 10.1. The Morgan fingerprint density at radius 3 is 1.88 bits per heavy atom. The van der Waals surface area contributed by atoms with Gasteiger partial charge in [-0.05, 0) is 61.1 Å². The van der Waals surface area contributed by atoms with Gasteiger partial charge in [0.2, 0.25) is 0 Å². The van der Waals surface area contributed by atoms with E-state index in [-0.39, 0.29) is 19.0 Å². The molecule has 0 aromatic heterocycles. The number of benzene rings is 3. The summed E-state index contributed by atoms with van der Waals surface area (Å²) in [5.74, 6) is 0. The van der Waals surface area contributed by atoms with Crippen LogP contribution in [0.4, 0.5) is 0 Å². The topological polar surface area (TPSA) is 0 Å². The Labute approximate surface area is 163 Å². The third kappa shape index (κ3) is 4.43. The zero-order valence-electron chi connectivity index (χ0n) is 16.5. The van der Waals surface area contributed by atoms with Gasteiger partial charge < -0.3 is 0 Å². The van der Waals surface area contributed by atoms with Crippen molar-refractivity contribution < 1.29 is 0 Å². The minimum atomic E-state index is -0.349. The number of hydrogen-bond acceptors (Lipinski definition) is 0. The first-order valence-electron chi connectivity index (χ1n) is 9.71. The summed E-state index contributed by atoms with van der Waals surface area (Å²) < 4.78 is 0. The van der Waals surface area contributed by atoms with Crippen molar-refractivity contribution in [3.63, 3.8) is 0 Å². The molecule has 0 nitrogen and oxygen atoms in total. The molecule has 0 bridgehead atoms. The van der Waals surface area contributed by atoms with Gasteiger partial charge in [0.15, 0.2) is 0 Å². The molecule has 1 unspecified atom stereocenters. The second kappa shape index (κ2) is 8.65. The van der Waals surface area contributed by atoms with Crippen molar-refractivity contribution in [1.29, 1.82) is 0 Å². The van der Waals surface area contributed by atoms with Crippen LogP contribution >= 0.6 is 0 Å². The van der Waals surface area contributed by atoms with E-state index in [2.05, 4.69) is 94.4 Å². The second-order valence-electron chi connectivity index (χ2n) is 7.57. The molecule has 0 amide bonds. The number of rotatable bonds is 6. The predicted octanol–water partition coefficient (Wildman–Crippen LogP) is 3.37. The largest absolute Gasteiger partial charge is 0.0638 e. The van der Waals surface area contributed by atoms with Gasteiger partial charge in [-0.15, -0.1) is 0 Å². The van der Waals surface area contributed by atoms with Crippen LogP contribution in [0.2, 0.25) is 6.04 Å². The van der Waals surface area contributed by atoms with E-state index >= 15 is 0 Å². The maximum absolute atomic E-state index is 2.38. The van der Waals surface area contributed by atoms with Crippen molar-refractivity contribution in [3.05, 3.63) is 94.5 Å². The SMILES string of the molecule is Cc1cccc([SiH2]CC([SiH2]c2cccc(C)c2C)c2ccccc2)c1C. The monoisotopic (exact) mass is 374 g/mol. The van der Waals surface area contributed by atoms with Crippen molar-refractivity contribution >= 4 is 29.4 Å². The van der Waals surface area contributed by atoms with Crippen LogP contribution in [0.3, 0.4) is 0 Å². The normalized spacial score (nSPS) is 13.1. The molecule has 2 heteroatoms. The van der Waals surface area contributed by atoms with Crippen LogP contribution in [-0.4, -0.2) is 19.0 Å².